The third kappa shape index (κ3) is 66.2. The normalized spacial score (nSPS) is 13.7. The maximum absolute atomic E-state index is 13.6. The lowest BCUT2D eigenvalue weighted by molar-refractivity contribution is -0.870. The molecule has 0 bridgehead atoms. The molecule has 0 aliphatic rings. The van der Waals surface area contributed by atoms with Gasteiger partial charge in [0.25, 0.3) is 7.82 Å². The van der Waals surface area contributed by atoms with E-state index in [0.29, 0.717) is 17.4 Å². The monoisotopic (exact) mass is 1220 g/mol. The van der Waals surface area contributed by atoms with E-state index < -0.39 is 20.0 Å². The van der Waals surface area contributed by atoms with Crippen molar-refractivity contribution in [3.05, 3.63) is 48.6 Å². The van der Waals surface area contributed by atoms with Gasteiger partial charge in [0, 0.05) is 12.8 Å². The van der Waals surface area contributed by atoms with Crippen LogP contribution < -0.4 is 10.2 Å². The summed E-state index contributed by atoms with van der Waals surface area (Å²) in [5.74, 6) is -0.533. The fourth-order valence-corrected chi connectivity index (χ4v) is 11.8. The number of allylic oxidation sites excluding steroid dienone is 7. The Labute approximate surface area is 529 Å². The highest BCUT2D eigenvalue weighted by molar-refractivity contribution is 7.45. The van der Waals surface area contributed by atoms with Gasteiger partial charge in [0.15, 0.2) is 0 Å². The summed E-state index contributed by atoms with van der Waals surface area (Å²) >= 11 is 0. The molecule has 0 aromatic rings. The molecule has 0 spiro atoms. The number of hydrogen-bond donors (Lipinski definition) is 1. The molecule has 0 aliphatic carbocycles. The number of quaternary nitrogens is 1. The Balaban J connectivity index is 4.94. The van der Waals surface area contributed by atoms with Crippen LogP contribution in [0.1, 0.15) is 367 Å². The largest absolute Gasteiger partial charge is 0.756 e. The smallest absolute Gasteiger partial charge is 0.306 e. The first-order valence-electron chi connectivity index (χ1n) is 36.9. The van der Waals surface area contributed by atoms with Gasteiger partial charge in [-0.2, -0.15) is 0 Å². The lowest BCUT2D eigenvalue weighted by Crippen LogP contribution is -2.47. The highest BCUT2D eigenvalue weighted by Crippen LogP contribution is 2.38. The van der Waals surface area contributed by atoms with Gasteiger partial charge in [-0.25, -0.2) is 0 Å². The van der Waals surface area contributed by atoms with Crippen LogP contribution in [0.5, 0.6) is 0 Å². The molecular weight excluding hydrogens is 1070 g/mol. The van der Waals surface area contributed by atoms with Gasteiger partial charge in [-0.05, 0) is 70.3 Å². The average molecular weight is 1220 g/mol. The number of ether oxygens (including phenoxy) is 1. The van der Waals surface area contributed by atoms with Crippen molar-refractivity contribution >= 4 is 19.7 Å². The van der Waals surface area contributed by atoms with Crippen LogP contribution in [0.15, 0.2) is 48.6 Å². The lowest BCUT2D eigenvalue weighted by atomic mass is 10.0. The zero-order valence-electron chi connectivity index (χ0n) is 57.3. The summed E-state index contributed by atoms with van der Waals surface area (Å²) in [4.78, 5) is 40.2. The number of unbranched alkanes of at least 4 members (excludes halogenated alkanes) is 46. The third-order valence-electron chi connectivity index (χ3n) is 16.8. The molecule has 0 heterocycles. The lowest BCUT2D eigenvalue weighted by Gasteiger charge is -2.30. The number of nitrogens with one attached hydrogen (secondary N) is 1. The Morgan fingerprint density at radius 3 is 1.09 bits per heavy atom. The number of carbonyl (C=O) groups excluding carboxylic acids is 2. The van der Waals surface area contributed by atoms with E-state index in [1.807, 2.05) is 33.3 Å². The fraction of sp³-hybridized carbons (Fsp3) is 0.867. The molecule has 1 N–H and O–H groups in total. The van der Waals surface area contributed by atoms with E-state index in [-0.39, 0.29) is 31.5 Å². The first-order valence-corrected chi connectivity index (χ1v) is 38.4. The van der Waals surface area contributed by atoms with Gasteiger partial charge in [0.1, 0.15) is 19.3 Å². The highest BCUT2D eigenvalue weighted by Gasteiger charge is 2.27. The van der Waals surface area contributed by atoms with Crippen molar-refractivity contribution < 1.29 is 37.3 Å². The van der Waals surface area contributed by atoms with Crippen LogP contribution in [0, 0.1) is 0 Å². The molecule has 0 aliphatic heterocycles. The minimum atomic E-state index is -4.70. The predicted octanol–water partition coefficient (Wildman–Crippen LogP) is 22.9. The molecule has 10 heteroatoms. The van der Waals surface area contributed by atoms with Crippen LogP contribution in [0.25, 0.3) is 0 Å². The van der Waals surface area contributed by atoms with Crippen LogP contribution in [0.2, 0.25) is 0 Å². The molecular formula is C75H143N2O7P. The standard InChI is InChI=1S/C75H143N2O7P/c1-7-10-13-16-19-22-25-27-29-31-33-35-36-37-38-39-40-42-44-46-48-50-53-56-59-62-65-68-75(79)84-73(66-63-60-57-54-51-24-21-18-15-12-9-3)72(71-83-85(80,81)82-70-69-77(4,5)6)76-74(78)67-64-61-58-55-52-49-47-45-43-41-34-32-30-28-26-23-20-17-14-11-8-2/h20,23,28,30,34,41,63,66,72-73H,7-19,21-22,24-27,29,31-33,35-40,42-62,64-65,67-71H2,1-6H3,(H-,76,78,80,81)/b23-20-,30-28-,41-34-,66-63-. The van der Waals surface area contributed by atoms with E-state index in [2.05, 4.69) is 62.5 Å². The van der Waals surface area contributed by atoms with Gasteiger partial charge in [0.2, 0.25) is 5.91 Å². The van der Waals surface area contributed by atoms with Crippen molar-refractivity contribution in [3.63, 3.8) is 0 Å². The summed E-state index contributed by atoms with van der Waals surface area (Å²) in [6.07, 6.45) is 82.5. The molecule has 3 unspecified atom stereocenters. The van der Waals surface area contributed by atoms with Crippen molar-refractivity contribution in [2.45, 2.75) is 380 Å². The minimum Gasteiger partial charge on any atom is -0.756 e. The van der Waals surface area contributed by atoms with Crippen molar-refractivity contribution in [3.8, 4) is 0 Å². The quantitative estimate of drug-likeness (QED) is 0.0212. The Kier molecular flexibility index (Phi) is 63.4. The number of esters is 1. The highest BCUT2D eigenvalue weighted by atomic mass is 31.2. The Hall–Kier alpha value is -2.03. The van der Waals surface area contributed by atoms with Crippen LogP contribution in [0.3, 0.4) is 0 Å². The Bertz CT molecular complexity index is 1590. The molecule has 1 amide bonds. The minimum absolute atomic E-state index is 0.0225. The van der Waals surface area contributed by atoms with E-state index >= 15 is 0 Å². The SMILES string of the molecule is CCCCC/C=C\C/C=C\C/C=C\CCCCCCCCCCC(=O)NC(COP(=O)([O-])OCC[N+](C)(C)C)C(/C=C\CCCCCCCCCCC)OC(=O)CCCCCCCCCCCCCCCCCCCCCCCCCCCCC. The Morgan fingerprint density at radius 1 is 0.412 bits per heavy atom. The molecule has 3 atom stereocenters. The molecule has 0 rings (SSSR count). The zero-order valence-corrected chi connectivity index (χ0v) is 58.2. The number of phosphoric ester groups is 1. The molecule has 500 valence electrons. The van der Waals surface area contributed by atoms with Gasteiger partial charge in [-0.3, -0.25) is 14.2 Å². The molecule has 0 aromatic heterocycles. The van der Waals surface area contributed by atoms with Gasteiger partial charge >= 0.3 is 5.97 Å². The van der Waals surface area contributed by atoms with E-state index in [1.165, 1.54) is 250 Å². The molecule has 0 saturated carbocycles. The van der Waals surface area contributed by atoms with Gasteiger partial charge in [0.05, 0.1) is 33.8 Å². The summed E-state index contributed by atoms with van der Waals surface area (Å²) < 4.78 is 30.5. The number of phosphoric acid groups is 1. The van der Waals surface area contributed by atoms with Crippen molar-refractivity contribution in [1.82, 2.24) is 5.32 Å². The van der Waals surface area contributed by atoms with Gasteiger partial charge in [-0.1, -0.05) is 333 Å². The number of nitrogens with zero attached hydrogens (tertiary/aromatic N) is 1. The molecule has 0 saturated heterocycles. The van der Waals surface area contributed by atoms with Crippen molar-refractivity contribution in [2.24, 2.45) is 0 Å². The van der Waals surface area contributed by atoms with Crippen LogP contribution in [0.4, 0.5) is 0 Å². The molecule has 9 nitrogen and oxygen atoms in total. The predicted molar refractivity (Wildman–Crippen MR) is 367 cm³/mol. The molecule has 0 fully saturated rings. The average Bonchev–Trinajstić information content (AvgIpc) is 3.57. The maximum atomic E-state index is 13.6. The summed E-state index contributed by atoms with van der Waals surface area (Å²) in [7, 11) is 1.19. The van der Waals surface area contributed by atoms with Crippen LogP contribution >= 0.6 is 7.82 Å². The first-order chi connectivity index (χ1) is 41.4. The number of amides is 1. The fourth-order valence-electron chi connectivity index (χ4n) is 11.1. The first kappa shape index (κ1) is 83.0. The number of hydrogen-bond acceptors (Lipinski definition) is 7. The molecule has 0 radical (unpaired) electrons. The van der Waals surface area contributed by atoms with E-state index in [9.17, 15) is 19.0 Å². The summed E-state index contributed by atoms with van der Waals surface area (Å²) in [6, 6.07) is -0.891. The number of likely N-dealkylation sites (N-methyl/N-ethyl adjacent to an activating group) is 1. The van der Waals surface area contributed by atoms with Crippen LogP contribution in [-0.2, 0) is 27.9 Å². The Morgan fingerprint density at radius 2 is 0.718 bits per heavy atom. The topological polar surface area (TPSA) is 114 Å². The van der Waals surface area contributed by atoms with Crippen LogP contribution in [-0.4, -0.2) is 69.4 Å². The van der Waals surface area contributed by atoms with E-state index in [1.54, 1.807) is 0 Å². The molecule has 0 aromatic carbocycles. The zero-order chi connectivity index (χ0) is 62.1. The summed E-state index contributed by atoms with van der Waals surface area (Å²) in [5, 5.41) is 3.04. The van der Waals surface area contributed by atoms with Gasteiger partial charge in [-0.15, -0.1) is 0 Å². The van der Waals surface area contributed by atoms with Crippen molar-refractivity contribution in [2.75, 3.05) is 40.9 Å². The summed E-state index contributed by atoms with van der Waals surface area (Å²) in [5.41, 5.74) is 0. The van der Waals surface area contributed by atoms with Gasteiger partial charge < -0.3 is 28.5 Å². The second-order valence-electron chi connectivity index (χ2n) is 26.5. The second kappa shape index (κ2) is 64.9. The third-order valence-corrected chi connectivity index (χ3v) is 17.7. The number of rotatable bonds is 68. The number of carbonyl (C=O) groups is 2. The van der Waals surface area contributed by atoms with E-state index in [0.717, 1.165) is 83.5 Å². The molecule has 85 heavy (non-hydrogen) atoms. The van der Waals surface area contributed by atoms with E-state index in [4.69, 9.17) is 13.8 Å². The second-order valence-corrected chi connectivity index (χ2v) is 27.9. The van der Waals surface area contributed by atoms with Crippen molar-refractivity contribution in [1.29, 1.82) is 0 Å². The maximum Gasteiger partial charge on any atom is 0.306 e. The summed E-state index contributed by atoms with van der Waals surface area (Å²) in [6.45, 7) is 6.86.